The van der Waals surface area contributed by atoms with E-state index >= 15 is 0 Å². The fourth-order valence-corrected chi connectivity index (χ4v) is 2.09. The highest BCUT2D eigenvalue weighted by atomic mass is 14.9. The van der Waals surface area contributed by atoms with Crippen molar-refractivity contribution in [2.45, 2.75) is 6.92 Å². The van der Waals surface area contributed by atoms with Gasteiger partial charge in [0, 0.05) is 5.39 Å². The second kappa shape index (κ2) is 3.11. The molecule has 76 valence electrons. The van der Waals surface area contributed by atoms with Gasteiger partial charge in [-0.15, -0.1) is 6.42 Å². The second-order valence-corrected chi connectivity index (χ2v) is 3.86. The number of aromatic nitrogens is 2. The lowest BCUT2D eigenvalue weighted by Gasteiger charge is -2.01. The number of hydrogen-bond acceptors (Lipinski definition) is 1. The van der Waals surface area contributed by atoms with E-state index in [9.17, 15) is 0 Å². The van der Waals surface area contributed by atoms with Crippen molar-refractivity contribution in [2.75, 3.05) is 0 Å². The van der Waals surface area contributed by atoms with Crippen LogP contribution >= 0.6 is 0 Å². The summed E-state index contributed by atoms with van der Waals surface area (Å²) >= 11 is 0. The number of benzene rings is 2. The Kier molecular flexibility index (Phi) is 1.75. The molecule has 3 rings (SSSR count). The first kappa shape index (κ1) is 8.99. The summed E-state index contributed by atoms with van der Waals surface area (Å²) in [6.45, 7) is 2.10. The first-order valence-corrected chi connectivity index (χ1v) is 5.14. The van der Waals surface area contributed by atoms with E-state index in [-0.39, 0.29) is 0 Å². The van der Waals surface area contributed by atoms with Gasteiger partial charge in [-0.1, -0.05) is 24.3 Å². The molecule has 1 aromatic heterocycles. The predicted octanol–water partition coefficient (Wildman–Crippen LogP) is 3.01. The van der Waals surface area contributed by atoms with E-state index < -0.39 is 0 Å². The summed E-state index contributed by atoms with van der Waals surface area (Å²) in [5, 5.41) is 2.38. The third-order valence-electron chi connectivity index (χ3n) is 2.84. The molecule has 16 heavy (non-hydrogen) atoms. The molecule has 0 aliphatic heterocycles. The number of H-pyrrole nitrogens is 1. The van der Waals surface area contributed by atoms with Gasteiger partial charge in [-0.3, -0.25) is 0 Å². The van der Waals surface area contributed by atoms with Gasteiger partial charge in [-0.25, -0.2) is 4.98 Å². The zero-order chi connectivity index (χ0) is 11.1. The Morgan fingerprint density at radius 3 is 2.75 bits per heavy atom. The van der Waals surface area contributed by atoms with E-state index in [1.165, 1.54) is 10.9 Å². The van der Waals surface area contributed by atoms with Crippen molar-refractivity contribution >= 4 is 21.8 Å². The summed E-state index contributed by atoms with van der Waals surface area (Å²) in [4.78, 5) is 7.54. The highest BCUT2D eigenvalue weighted by Crippen LogP contribution is 2.26. The molecule has 0 aliphatic rings. The Bertz CT molecular complexity index is 729. The van der Waals surface area contributed by atoms with Crippen LogP contribution in [0, 0.1) is 19.3 Å². The highest BCUT2D eigenvalue weighted by Gasteiger charge is 2.07. The highest BCUT2D eigenvalue weighted by molar-refractivity contribution is 6.05. The largest absolute Gasteiger partial charge is 0.331 e. The van der Waals surface area contributed by atoms with E-state index in [4.69, 9.17) is 6.42 Å². The third-order valence-corrected chi connectivity index (χ3v) is 2.84. The molecule has 0 saturated heterocycles. The monoisotopic (exact) mass is 206 g/mol. The third kappa shape index (κ3) is 1.12. The minimum absolute atomic E-state index is 0.589. The number of fused-ring (bicyclic) bond motifs is 3. The molecule has 0 saturated carbocycles. The fraction of sp³-hybridized carbons (Fsp3) is 0.0714. The van der Waals surface area contributed by atoms with E-state index in [1.807, 2.05) is 12.1 Å². The zero-order valence-corrected chi connectivity index (χ0v) is 8.91. The van der Waals surface area contributed by atoms with Crippen molar-refractivity contribution < 1.29 is 0 Å². The predicted molar refractivity (Wildman–Crippen MR) is 66.3 cm³/mol. The van der Waals surface area contributed by atoms with Gasteiger partial charge < -0.3 is 4.98 Å². The number of terminal acetylenes is 1. The Hall–Kier alpha value is -2.27. The van der Waals surface area contributed by atoms with Crippen LogP contribution in [0.2, 0.25) is 0 Å². The fourth-order valence-electron chi connectivity index (χ4n) is 2.09. The van der Waals surface area contributed by atoms with Gasteiger partial charge >= 0.3 is 0 Å². The molecule has 0 fully saturated rings. The quantitative estimate of drug-likeness (QED) is 0.563. The SMILES string of the molecule is C#Cc1nc2c(cc(C)c3ccccc32)[nH]1. The van der Waals surface area contributed by atoms with Crippen LogP contribution in [-0.4, -0.2) is 9.97 Å². The van der Waals surface area contributed by atoms with Gasteiger partial charge in [0.05, 0.1) is 11.0 Å². The lowest BCUT2D eigenvalue weighted by atomic mass is 10.0. The molecule has 0 radical (unpaired) electrons. The second-order valence-electron chi connectivity index (χ2n) is 3.86. The summed E-state index contributed by atoms with van der Waals surface area (Å²) in [6, 6.07) is 10.3. The summed E-state index contributed by atoms with van der Waals surface area (Å²) in [7, 11) is 0. The van der Waals surface area contributed by atoms with Crippen LogP contribution in [0.5, 0.6) is 0 Å². The Balaban J connectivity index is 2.58. The number of nitrogens with zero attached hydrogens (tertiary/aromatic N) is 1. The van der Waals surface area contributed by atoms with Gasteiger partial charge in [-0.05, 0) is 29.9 Å². The molecule has 0 unspecified atom stereocenters. The van der Waals surface area contributed by atoms with Crippen LogP contribution in [-0.2, 0) is 0 Å². The summed E-state index contributed by atoms with van der Waals surface area (Å²) < 4.78 is 0. The van der Waals surface area contributed by atoms with Gasteiger partial charge in [0.2, 0.25) is 0 Å². The standard InChI is InChI=1S/C14H10N2/c1-3-13-15-12-8-9(2)10-6-4-5-7-11(10)14(12)16-13/h1,4-8H,2H3,(H,15,16). The molecule has 1 N–H and O–H groups in total. The number of aryl methyl sites for hydroxylation is 1. The maximum Gasteiger partial charge on any atom is 0.183 e. The average molecular weight is 206 g/mol. The summed E-state index contributed by atoms with van der Waals surface area (Å²) in [5.41, 5.74) is 3.19. The van der Waals surface area contributed by atoms with Crippen molar-refractivity contribution in [1.29, 1.82) is 0 Å². The minimum atomic E-state index is 0.589. The molecule has 0 spiro atoms. The van der Waals surface area contributed by atoms with Crippen LogP contribution in [0.4, 0.5) is 0 Å². The number of aromatic amines is 1. The number of imidazole rings is 1. The van der Waals surface area contributed by atoms with Gasteiger partial charge in [0.1, 0.15) is 0 Å². The van der Waals surface area contributed by atoms with Crippen molar-refractivity contribution in [2.24, 2.45) is 0 Å². The van der Waals surface area contributed by atoms with Gasteiger partial charge in [0.25, 0.3) is 0 Å². The van der Waals surface area contributed by atoms with Crippen LogP contribution < -0.4 is 0 Å². The molecule has 0 atom stereocenters. The zero-order valence-electron chi connectivity index (χ0n) is 8.91. The molecular formula is C14H10N2. The van der Waals surface area contributed by atoms with Crippen LogP contribution in [0.25, 0.3) is 21.8 Å². The van der Waals surface area contributed by atoms with Gasteiger partial charge in [0.15, 0.2) is 5.82 Å². The van der Waals surface area contributed by atoms with Crippen molar-refractivity contribution in [3.8, 4) is 12.3 Å². The van der Waals surface area contributed by atoms with Gasteiger partial charge in [-0.2, -0.15) is 0 Å². The van der Waals surface area contributed by atoms with Crippen LogP contribution in [0.3, 0.4) is 0 Å². The van der Waals surface area contributed by atoms with Crippen LogP contribution in [0.1, 0.15) is 11.4 Å². The molecule has 0 amide bonds. The van der Waals surface area contributed by atoms with Crippen molar-refractivity contribution in [3.63, 3.8) is 0 Å². The van der Waals surface area contributed by atoms with E-state index in [2.05, 4.69) is 41.0 Å². The first-order valence-electron chi connectivity index (χ1n) is 5.14. The normalized spacial score (nSPS) is 10.8. The van der Waals surface area contributed by atoms with Crippen LogP contribution in [0.15, 0.2) is 30.3 Å². The van der Waals surface area contributed by atoms with E-state index in [0.717, 1.165) is 16.4 Å². The number of rotatable bonds is 0. The molecule has 0 aliphatic carbocycles. The van der Waals surface area contributed by atoms with E-state index in [1.54, 1.807) is 0 Å². The molecule has 1 heterocycles. The average Bonchev–Trinajstić information content (AvgIpc) is 2.72. The Morgan fingerprint density at radius 1 is 1.25 bits per heavy atom. The lowest BCUT2D eigenvalue weighted by molar-refractivity contribution is 1.28. The molecule has 0 bridgehead atoms. The smallest absolute Gasteiger partial charge is 0.183 e. The van der Waals surface area contributed by atoms with Crippen molar-refractivity contribution in [1.82, 2.24) is 9.97 Å². The topological polar surface area (TPSA) is 28.7 Å². The molecule has 2 heteroatoms. The Morgan fingerprint density at radius 2 is 2.00 bits per heavy atom. The minimum Gasteiger partial charge on any atom is -0.331 e. The van der Waals surface area contributed by atoms with E-state index in [0.29, 0.717) is 5.82 Å². The molecule has 2 nitrogen and oxygen atoms in total. The molecule has 2 aromatic carbocycles. The maximum absolute atomic E-state index is 5.35. The maximum atomic E-state index is 5.35. The summed E-state index contributed by atoms with van der Waals surface area (Å²) in [6.07, 6.45) is 5.35. The van der Waals surface area contributed by atoms with Crippen molar-refractivity contribution in [3.05, 3.63) is 41.7 Å². The summed E-state index contributed by atoms with van der Waals surface area (Å²) in [5.74, 6) is 3.12. The number of hydrogen-bond donors (Lipinski definition) is 1. The molecule has 3 aromatic rings. The Labute approximate surface area is 93.3 Å². The lowest BCUT2D eigenvalue weighted by Crippen LogP contribution is -1.80. The first-order chi connectivity index (χ1) is 7.79. The number of nitrogens with one attached hydrogen (secondary N) is 1. The molecular weight excluding hydrogens is 196 g/mol.